The standard InChI is InChI=1S/C14H31NO3.H2/c1-4-6-15-7-9-17-11-13-18-12-10-16-8-5-14(2)3;/h14-15H,4-13H2,1-3H3;1H. The Labute approximate surface area is 114 Å². The first-order valence-electron chi connectivity index (χ1n) is 7.21. The molecule has 0 fully saturated rings. The molecule has 0 aliphatic heterocycles. The summed E-state index contributed by atoms with van der Waals surface area (Å²) in [4.78, 5) is 0. The van der Waals surface area contributed by atoms with Crippen LogP contribution in [0.25, 0.3) is 0 Å². The quantitative estimate of drug-likeness (QED) is 0.488. The lowest BCUT2D eigenvalue weighted by Gasteiger charge is -2.08. The zero-order valence-corrected chi connectivity index (χ0v) is 12.4. The maximum absolute atomic E-state index is 5.44. The van der Waals surface area contributed by atoms with E-state index >= 15 is 0 Å². The van der Waals surface area contributed by atoms with Crippen LogP contribution in [0.5, 0.6) is 0 Å². The maximum atomic E-state index is 5.44. The number of hydrogen-bond donors (Lipinski definition) is 1. The second-order valence-electron chi connectivity index (χ2n) is 4.77. The number of rotatable bonds is 14. The molecule has 4 heteroatoms. The van der Waals surface area contributed by atoms with Crippen LogP contribution in [0.2, 0.25) is 0 Å². The van der Waals surface area contributed by atoms with Gasteiger partial charge in [-0.2, -0.15) is 0 Å². The van der Waals surface area contributed by atoms with Gasteiger partial charge in [0, 0.05) is 14.6 Å². The van der Waals surface area contributed by atoms with Crippen molar-refractivity contribution in [2.75, 3.05) is 52.7 Å². The summed E-state index contributed by atoms with van der Waals surface area (Å²) < 4.78 is 16.2. The molecule has 0 aromatic heterocycles. The number of nitrogens with one attached hydrogen (secondary N) is 1. The number of ether oxygens (including phenoxy) is 3. The van der Waals surface area contributed by atoms with Crippen molar-refractivity contribution in [2.45, 2.75) is 33.6 Å². The molecule has 0 bridgehead atoms. The fourth-order valence-electron chi connectivity index (χ4n) is 1.31. The van der Waals surface area contributed by atoms with Gasteiger partial charge in [-0.3, -0.25) is 0 Å². The Kier molecular flexibility index (Phi) is 14.8. The van der Waals surface area contributed by atoms with Crippen molar-refractivity contribution in [3.8, 4) is 0 Å². The minimum Gasteiger partial charge on any atom is -0.379 e. The van der Waals surface area contributed by atoms with E-state index in [1.54, 1.807) is 0 Å². The van der Waals surface area contributed by atoms with Gasteiger partial charge >= 0.3 is 0 Å². The SMILES string of the molecule is CCCNCCOCCOCCOCCC(C)C.[HH]. The second-order valence-corrected chi connectivity index (χ2v) is 4.77. The van der Waals surface area contributed by atoms with Gasteiger partial charge in [0.2, 0.25) is 0 Å². The molecule has 0 atom stereocenters. The molecule has 0 heterocycles. The molecule has 1 N–H and O–H groups in total. The van der Waals surface area contributed by atoms with Crippen molar-refractivity contribution in [3.05, 3.63) is 0 Å². The summed E-state index contributed by atoms with van der Waals surface area (Å²) in [5.74, 6) is 0.709. The highest BCUT2D eigenvalue weighted by molar-refractivity contribution is 4.44. The monoisotopic (exact) mass is 263 g/mol. The molecule has 0 rings (SSSR count). The van der Waals surface area contributed by atoms with Gasteiger partial charge in [0.1, 0.15) is 0 Å². The van der Waals surface area contributed by atoms with Crippen LogP contribution in [0.15, 0.2) is 0 Å². The van der Waals surface area contributed by atoms with E-state index in [0.29, 0.717) is 32.3 Å². The normalized spacial score (nSPS) is 11.3. The van der Waals surface area contributed by atoms with E-state index in [9.17, 15) is 0 Å². The van der Waals surface area contributed by atoms with Gasteiger partial charge in [-0.25, -0.2) is 0 Å². The molecule has 0 amide bonds. The molecular formula is C14H33NO3. The molecule has 0 radical (unpaired) electrons. The van der Waals surface area contributed by atoms with Crippen molar-refractivity contribution in [1.29, 1.82) is 0 Å². The van der Waals surface area contributed by atoms with Crippen molar-refractivity contribution >= 4 is 0 Å². The highest BCUT2D eigenvalue weighted by atomic mass is 16.5. The Balaban J connectivity index is 0. The summed E-state index contributed by atoms with van der Waals surface area (Å²) >= 11 is 0. The molecule has 0 saturated heterocycles. The Morgan fingerprint density at radius 2 is 1.39 bits per heavy atom. The predicted molar refractivity (Wildman–Crippen MR) is 77.2 cm³/mol. The Morgan fingerprint density at radius 3 is 1.94 bits per heavy atom. The van der Waals surface area contributed by atoms with Crippen LogP contribution in [-0.4, -0.2) is 52.7 Å². The van der Waals surface area contributed by atoms with Crippen molar-refractivity contribution < 1.29 is 15.6 Å². The largest absolute Gasteiger partial charge is 0.379 e. The van der Waals surface area contributed by atoms with Crippen LogP contribution in [0, 0.1) is 5.92 Å². The molecule has 0 spiro atoms. The average molecular weight is 263 g/mol. The molecule has 18 heavy (non-hydrogen) atoms. The van der Waals surface area contributed by atoms with Gasteiger partial charge in [-0.05, 0) is 25.3 Å². The van der Waals surface area contributed by atoms with Gasteiger partial charge in [-0.1, -0.05) is 20.8 Å². The molecule has 4 nitrogen and oxygen atoms in total. The van der Waals surface area contributed by atoms with E-state index in [1.807, 2.05) is 0 Å². The third-order valence-corrected chi connectivity index (χ3v) is 2.43. The summed E-state index contributed by atoms with van der Waals surface area (Å²) in [6, 6.07) is 0. The van der Waals surface area contributed by atoms with Crippen LogP contribution in [0.4, 0.5) is 0 Å². The molecule has 0 aromatic rings. The Hall–Kier alpha value is -0.160. The van der Waals surface area contributed by atoms with E-state index in [0.717, 1.165) is 32.7 Å². The lowest BCUT2D eigenvalue weighted by molar-refractivity contribution is 0.0134. The summed E-state index contributed by atoms with van der Waals surface area (Å²) in [7, 11) is 0. The van der Waals surface area contributed by atoms with Crippen molar-refractivity contribution in [1.82, 2.24) is 5.32 Å². The van der Waals surface area contributed by atoms with Crippen LogP contribution in [0.3, 0.4) is 0 Å². The van der Waals surface area contributed by atoms with Crippen LogP contribution < -0.4 is 5.32 Å². The summed E-state index contributed by atoms with van der Waals surface area (Å²) in [5.41, 5.74) is 0. The predicted octanol–water partition coefficient (Wildman–Crippen LogP) is 2.33. The minimum atomic E-state index is 0. The van der Waals surface area contributed by atoms with Crippen LogP contribution in [0.1, 0.15) is 35.0 Å². The van der Waals surface area contributed by atoms with Gasteiger partial charge in [0.25, 0.3) is 0 Å². The van der Waals surface area contributed by atoms with Crippen molar-refractivity contribution in [2.24, 2.45) is 5.92 Å². The fourth-order valence-corrected chi connectivity index (χ4v) is 1.31. The van der Waals surface area contributed by atoms with Crippen LogP contribution >= 0.6 is 0 Å². The highest BCUT2D eigenvalue weighted by Crippen LogP contribution is 1.98. The van der Waals surface area contributed by atoms with E-state index in [1.165, 1.54) is 6.42 Å². The molecule has 0 aliphatic rings. The highest BCUT2D eigenvalue weighted by Gasteiger charge is 1.94. The molecule has 0 aromatic carbocycles. The zero-order chi connectivity index (χ0) is 13.5. The smallest absolute Gasteiger partial charge is 0.0701 e. The molecule has 0 aliphatic carbocycles. The topological polar surface area (TPSA) is 39.7 Å². The zero-order valence-electron chi connectivity index (χ0n) is 12.4. The van der Waals surface area contributed by atoms with Crippen molar-refractivity contribution in [3.63, 3.8) is 0 Å². The Morgan fingerprint density at radius 1 is 0.833 bits per heavy atom. The average Bonchev–Trinajstić information content (AvgIpc) is 2.34. The molecule has 0 saturated carbocycles. The van der Waals surface area contributed by atoms with E-state index in [2.05, 4.69) is 26.1 Å². The molecule has 112 valence electrons. The first-order chi connectivity index (χ1) is 8.77. The van der Waals surface area contributed by atoms with Crippen LogP contribution in [-0.2, 0) is 14.2 Å². The first-order valence-corrected chi connectivity index (χ1v) is 7.21. The van der Waals surface area contributed by atoms with E-state index < -0.39 is 0 Å². The lowest BCUT2D eigenvalue weighted by Crippen LogP contribution is -2.21. The van der Waals surface area contributed by atoms with E-state index in [4.69, 9.17) is 14.2 Å². The van der Waals surface area contributed by atoms with Gasteiger partial charge in [0.05, 0.1) is 33.0 Å². The molecule has 0 unspecified atom stereocenters. The van der Waals surface area contributed by atoms with Gasteiger partial charge < -0.3 is 19.5 Å². The lowest BCUT2D eigenvalue weighted by atomic mass is 10.1. The summed E-state index contributed by atoms with van der Waals surface area (Å²) in [6.07, 6.45) is 2.29. The van der Waals surface area contributed by atoms with Gasteiger partial charge in [0.15, 0.2) is 0 Å². The minimum absolute atomic E-state index is 0. The second kappa shape index (κ2) is 14.9. The third kappa shape index (κ3) is 15.8. The third-order valence-electron chi connectivity index (χ3n) is 2.43. The summed E-state index contributed by atoms with van der Waals surface area (Å²) in [6.45, 7) is 12.8. The summed E-state index contributed by atoms with van der Waals surface area (Å²) in [5, 5.41) is 3.28. The van der Waals surface area contributed by atoms with E-state index in [-0.39, 0.29) is 1.43 Å². The number of hydrogen-bond acceptors (Lipinski definition) is 4. The first kappa shape index (κ1) is 17.8. The Bertz CT molecular complexity index is 160. The van der Waals surface area contributed by atoms with Gasteiger partial charge in [-0.15, -0.1) is 0 Å². The molecular weight excluding hydrogens is 230 g/mol. The fraction of sp³-hybridized carbons (Fsp3) is 1.00. The maximum Gasteiger partial charge on any atom is 0.0701 e.